The van der Waals surface area contributed by atoms with E-state index in [0.29, 0.717) is 0 Å². The molecule has 1 heterocycles. The molecule has 0 aliphatic heterocycles. The van der Waals surface area contributed by atoms with E-state index in [-0.39, 0.29) is 0 Å². The molecule has 0 spiro atoms. The molecule has 0 saturated heterocycles. The number of hydrogen-bond donors (Lipinski definition) is 0. The van der Waals surface area contributed by atoms with Crippen molar-refractivity contribution in [3.05, 3.63) is 29.9 Å². The molecule has 2 aromatic rings. The molecule has 0 amide bonds. The zero-order valence-electron chi connectivity index (χ0n) is 8.48. The van der Waals surface area contributed by atoms with Crippen molar-refractivity contribution in [1.29, 1.82) is 0 Å². The molecule has 0 unspecified atom stereocenters. The minimum absolute atomic E-state index is 0.725. The number of benzene rings is 1. The highest BCUT2D eigenvalue weighted by Gasteiger charge is 2.11. The van der Waals surface area contributed by atoms with Crippen molar-refractivity contribution in [2.24, 2.45) is 0 Å². The van der Waals surface area contributed by atoms with Crippen LogP contribution < -0.4 is 9.47 Å². The van der Waals surface area contributed by atoms with Gasteiger partial charge in [-0.25, -0.2) is 4.98 Å². The van der Waals surface area contributed by atoms with Crippen LogP contribution in [0.5, 0.6) is 11.5 Å². The number of thiazole rings is 1. The van der Waals surface area contributed by atoms with Gasteiger partial charge in [-0.1, -0.05) is 6.07 Å². The van der Waals surface area contributed by atoms with E-state index < -0.39 is 0 Å². The third-order valence-electron chi connectivity index (χ3n) is 2.06. The Morgan fingerprint density at radius 2 is 2.13 bits per heavy atom. The smallest absolute Gasteiger partial charge is 0.169 e. The van der Waals surface area contributed by atoms with Crippen LogP contribution in [0, 0.1) is 5.51 Å². The lowest BCUT2D eigenvalue weighted by molar-refractivity contribution is 0.356. The van der Waals surface area contributed by atoms with Crippen molar-refractivity contribution in [2.45, 2.75) is 0 Å². The summed E-state index contributed by atoms with van der Waals surface area (Å²) in [6.07, 6.45) is 1.77. The number of nitrogens with zero attached hydrogens (tertiary/aromatic N) is 1. The van der Waals surface area contributed by atoms with E-state index >= 15 is 0 Å². The van der Waals surface area contributed by atoms with Crippen LogP contribution in [0.4, 0.5) is 0 Å². The molecule has 0 atom stereocenters. The van der Waals surface area contributed by atoms with Crippen LogP contribution in [0.1, 0.15) is 0 Å². The monoisotopic (exact) mass is 220 g/mol. The number of methoxy groups -OCH3 is 2. The fourth-order valence-electron chi connectivity index (χ4n) is 1.39. The van der Waals surface area contributed by atoms with Crippen molar-refractivity contribution in [1.82, 2.24) is 4.98 Å². The lowest BCUT2D eigenvalue weighted by atomic mass is 10.1. The van der Waals surface area contributed by atoms with Crippen LogP contribution in [-0.2, 0) is 0 Å². The van der Waals surface area contributed by atoms with Gasteiger partial charge in [-0.05, 0) is 12.1 Å². The van der Waals surface area contributed by atoms with Gasteiger partial charge in [0.25, 0.3) is 0 Å². The molecule has 4 heteroatoms. The normalized spacial score (nSPS) is 10.0. The molecule has 3 nitrogen and oxygen atoms in total. The number of rotatable bonds is 3. The molecule has 1 radical (unpaired) electrons. The second-order valence-electron chi connectivity index (χ2n) is 2.86. The largest absolute Gasteiger partial charge is 0.493 e. The van der Waals surface area contributed by atoms with E-state index in [9.17, 15) is 0 Å². The van der Waals surface area contributed by atoms with Crippen LogP contribution in [0.25, 0.3) is 10.4 Å². The molecule has 0 saturated carbocycles. The van der Waals surface area contributed by atoms with Gasteiger partial charge >= 0.3 is 0 Å². The van der Waals surface area contributed by atoms with E-state index in [0.717, 1.165) is 21.9 Å². The molecule has 0 N–H and O–H groups in total. The van der Waals surface area contributed by atoms with E-state index in [1.165, 1.54) is 11.3 Å². The van der Waals surface area contributed by atoms with Crippen LogP contribution in [0.15, 0.2) is 24.4 Å². The molecular formula is C11H10NO2S. The summed E-state index contributed by atoms with van der Waals surface area (Å²) < 4.78 is 10.6. The number of ether oxygens (including phenoxy) is 2. The molecule has 15 heavy (non-hydrogen) atoms. The minimum Gasteiger partial charge on any atom is -0.493 e. The van der Waals surface area contributed by atoms with Crippen molar-refractivity contribution in [3.8, 4) is 21.9 Å². The molecule has 0 fully saturated rings. The second kappa shape index (κ2) is 4.31. The average molecular weight is 220 g/mol. The Balaban J connectivity index is 2.56. The van der Waals surface area contributed by atoms with E-state index in [2.05, 4.69) is 10.5 Å². The lowest BCUT2D eigenvalue weighted by Gasteiger charge is -2.10. The maximum absolute atomic E-state index is 5.33. The summed E-state index contributed by atoms with van der Waals surface area (Å²) in [4.78, 5) is 4.95. The van der Waals surface area contributed by atoms with Gasteiger partial charge in [0.2, 0.25) is 0 Å². The Morgan fingerprint density at radius 3 is 2.73 bits per heavy atom. The zero-order valence-corrected chi connectivity index (χ0v) is 9.30. The Morgan fingerprint density at radius 1 is 1.27 bits per heavy atom. The van der Waals surface area contributed by atoms with Crippen LogP contribution in [0.3, 0.4) is 0 Å². The van der Waals surface area contributed by atoms with Crippen molar-refractivity contribution >= 4 is 11.3 Å². The average Bonchev–Trinajstić information content (AvgIpc) is 2.81. The predicted octanol–water partition coefficient (Wildman–Crippen LogP) is 2.63. The molecule has 77 valence electrons. The third-order valence-corrected chi connectivity index (χ3v) is 2.80. The molecule has 0 aliphatic rings. The molecule has 2 rings (SSSR count). The van der Waals surface area contributed by atoms with Crippen molar-refractivity contribution < 1.29 is 9.47 Å². The van der Waals surface area contributed by atoms with Gasteiger partial charge in [-0.15, -0.1) is 11.3 Å². The van der Waals surface area contributed by atoms with E-state index in [4.69, 9.17) is 9.47 Å². The van der Waals surface area contributed by atoms with Gasteiger partial charge in [0, 0.05) is 11.8 Å². The summed E-state index contributed by atoms with van der Waals surface area (Å²) >= 11 is 1.45. The molecule has 1 aromatic heterocycles. The van der Waals surface area contributed by atoms with Gasteiger partial charge in [-0.2, -0.15) is 0 Å². The summed E-state index contributed by atoms with van der Waals surface area (Å²) in [7, 11) is 3.26. The Hall–Kier alpha value is -1.55. The second-order valence-corrected chi connectivity index (χ2v) is 3.68. The Bertz CT molecular complexity index is 440. The topological polar surface area (TPSA) is 31.4 Å². The van der Waals surface area contributed by atoms with E-state index in [1.807, 2.05) is 18.2 Å². The lowest BCUT2D eigenvalue weighted by Crippen LogP contribution is -1.92. The predicted molar refractivity (Wildman–Crippen MR) is 59.5 cm³/mol. The maximum atomic E-state index is 5.33. The summed E-state index contributed by atoms with van der Waals surface area (Å²) in [5.74, 6) is 1.46. The van der Waals surface area contributed by atoms with Gasteiger partial charge in [-0.3, -0.25) is 0 Å². The van der Waals surface area contributed by atoms with Gasteiger partial charge in [0.05, 0.1) is 19.1 Å². The number of hydrogen-bond acceptors (Lipinski definition) is 4. The Kier molecular flexibility index (Phi) is 2.87. The highest BCUT2D eigenvalue weighted by Crippen LogP contribution is 2.38. The first-order chi connectivity index (χ1) is 7.36. The highest BCUT2D eigenvalue weighted by atomic mass is 32.1. The Labute approximate surface area is 92.3 Å². The summed E-state index contributed by atoms with van der Waals surface area (Å²) in [6.45, 7) is 0. The minimum atomic E-state index is 0.725. The first-order valence-corrected chi connectivity index (χ1v) is 5.21. The molecule has 1 aromatic carbocycles. The number of aromatic nitrogens is 1. The fraction of sp³-hybridized carbons (Fsp3) is 0.182. The quantitative estimate of drug-likeness (QED) is 0.796. The molecule has 0 bridgehead atoms. The SMILES string of the molecule is COc1cccc(-c2cn[c]s2)c1OC. The van der Waals surface area contributed by atoms with Crippen LogP contribution in [-0.4, -0.2) is 19.2 Å². The standard InChI is InChI=1S/C11H10NO2S/c1-13-9-5-3-4-8(11(9)14-2)10-6-12-7-15-10/h3-6H,1-2H3. The molecule has 0 aliphatic carbocycles. The van der Waals surface area contributed by atoms with Gasteiger partial charge in [0.1, 0.15) is 0 Å². The fourth-order valence-corrected chi connectivity index (χ4v) is 1.97. The maximum Gasteiger partial charge on any atom is 0.169 e. The van der Waals surface area contributed by atoms with Crippen molar-refractivity contribution in [2.75, 3.05) is 14.2 Å². The number of para-hydroxylation sites is 1. The van der Waals surface area contributed by atoms with Crippen LogP contribution in [0.2, 0.25) is 0 Å². The highest BCUT2D eigenvalue weighted by molar-refractivity contribution is 7.12. The third kappa shape index (κ3) is 1.80. The van der Waals surface area contributed by atoms with Gasteiger partial charge < -0.3 is 9.47 Å². The van der Waals surface area contributed by atoms with E-state index in [1.54, 1.807) is 20.4 Å². The van der Waals surface area contributed by atoms with Gasteiger partial charge in [0.15, 0.2) is 17.0 Å². The zero-order chi connectivity index (χ0) is 10.7. The first kappa shape index (κ1) is 9.98. The summed E-state index contributed by atoms with van der Waals surface area (Å²) in [6, 6.07) is 5.77. The summed E-state index contributed by atoms with van der Waals surface area (Å²) in [5, 5.41) is 0. The first-order valence-electron chi connectivity index (χ1n) is 4.40. The van der Waals surface area contributed by atoms with Crippen molar-refractivity contribution in [3.63, 3.8) is 0 Å². The summed E-state index contributed by atoms with van der Waals surface area (Å²) in [5.41, 5.74) is 3.79. The van der Waals surface area contributed by atoms with Crippen LogP contribution >= 0.6 is 11.3 Å². The molecular weight excluding hydrogens is 210 g/mol.